The molecule has 0 fully saturated rings. The van der Waals surface area contributed by atoms with Crippen LogP contribution in [0.1, 0.15) is 18.1 Å². The fourth-order valence-corrected chi connectivity index (χ4v) is 2.81. The number of para-hydroxylation sites is 3. The van der Waals surface area contributed by atoms with E-state index in [0.717, 1.165) is 27.0 Å². The van der Waals surface area contributed by atoms with Crippen molar-refractivity contribution in [3.8, 4) is 5.69 Å². The summed E-state index contributed by atoms with van der Waals surface area (Å²) in [5, 5.41) is -0.153. The van der Waals surface area contributed by atoms with Crippen LogP contribution in [-0.2, 0) is 0 Å². The van der Waals surface area contributed by atoms with Crippen molar-refractivity contribution in [1.82, 2.24) is 9.55 Å². The van der Waals surface area contributed by atoms with Gasteiger partial charge >= 0.3 is 0 Å². The molecule has 0 saturated carbocycles. The molecular weight excluding hydrogens is 324 g/mol. The highest BCUT2D eigenvalue weighted by molar-refractivity contribution is 9.10. The summed E-state index contributed by atoms with van der Waals surface area (Å²) in [6, 6.07) is 16.2. The summed E-state index contributed by atoms with van der Waals surface area (Å²) in [5.74, 6) is 0.856. The van der Waals surface area contributed by atoms with Gasteiger partial charge in [-0.15, -0.1) is 11.6 Å². The van der Waals surface area contributed by atoms with Gasteiger partial charge in [0, 0.05) is 4.47 Å². The van der Waals surface area contributed by atoms with E-state index in [-0.39, 0.29) is 5.38 Å². The summed E-state index contributed by atoms with van der Waals surface area (Å²) in [6.45, 7) is 1.94. The van der Waals surface area contributed by atoms with Crippen LogP contribution in [0.25, 0.3) is 16.7 Å². The molecule has 1 aromatic heterocycles. The first-order chi connectivity index (χ1) is 9.18. The number of hydrogen-bond acceptors (Lipinski definition) is 1. The zero-order chi connectivity index (χ0) is 13.4. The number of hydrogen-bond donors (Lipinski definition) is 0. The van der Waals surface area contributed by atoms with Crippen LogP contribution >= 0.6 is 27.5 Å². The standard InChI is InChI=1S/C15H12BrClN2/c1-10(17)15-18-12-7-3-5-9-14(12)19(15)13-8-4-2-6-11(13)16/h2-10H,1H3. The van der Waals surface area contributed by atoms with Crippen LogP contribution in [-0.4, -0.2) is 9.55 Å². The van der Waals surface area contributed by atoms with E-state index in [4.69, 9.17) is 11.6 Å². The van der Waals surface area contributed by atoms with Gasteiger partial charge in [-0.25, -0.2) is 4.98 Å². The van der Waals surface area contributed by atoms with Crippen LogP contribution in [0.3, 0.4) is 0 Å². The van der Waals surface area contributed by atoms with Crippen molar-refractivity contribution in [3.63, 3.8) is 0 Å². The predicted molar refractivity (Wildman–Crippen MR) is 83.0 cm³/mol. The fourth-order valence-electron chi connectivity index (χ4n) is 2.20. The Hall–Kier alpha value is -1.32. The Morgan fingerprint density at radius 3 is 2.53 bits per heavy atom. The number of imidazole rings is 1. The quantitative estimate of drug-likeness (QED) is 0.597. The monoisotopic (exact) mass is 334 g/mol. The van der Waals surface area contributed by atoms with E-state index < -0.39 is 0 Å². The first-order valence-corrected chi connectivity index (χ1v) is 7.28. The van der Waals surface area contributed by atoms with E-state index in [1.807, 2.05) is 43.3 Å². The van der Waals surface area contributed by atoms with Gasteiger partial charge in [0.15, 0.2) is 0 Å². The number of halogens is 2. The minimum Gasteiger partial charge on any atom is -0.294 e. The maximum atomic E-state index is 6.28. The molecule has 0 bridgehead atoms. The normalized spacial score (nSPS) is 12.8. The molecule has 0 aliphatic heterocycles. The second-order valence-electron chi connectivity index (χ2n) is 4.36. The number of rotatable bonds is 2. The molecule has 19 heavy (non-hydrogen) atoms. The zero-order valence-corrected chi connectivity index (χ0v) is 12.7. The number of nitrogens with zero attached hydrogens (tertiary/aromatic N) is 2. The first-order valence-electron chi connectivity index (χ1n) is 6.05. The Balaban J connectivity index is 2.38. The van der Waals surface area contributed by atoms with Crippen molar-refractivity contribution in [2.24, 2.45) is 0 Å². The van der Waals surface area contributed by atoms with Crippen LogP contribution in [0.2, 0.25) is 0 Å². The third kappa shape index (κ3) is 2.17. The molecule has 2 nitrogen and oxygen atoms in total. The summed E-state index contributed by atoms with van der Waals surface area (Å²) >= 11 is 9.88. The topological polar surface area (TPSA) is 17.8 Å². The zero-order valence-electron chi connectivity index (χ0n) is 10.3. The third-order valence-electron chi connectivity index (χ3n) is 3.04. The molecule has 96 valence electrons. The fraction of sp³-hybridized carbons (Fsp3) is 0.133. The average molecular weight is 336 g/mol. The molecule has 0 N–H and O–H groups in total. The third-order valence-corrected chi connectivity index (χ3v) is 3.90. The smallest absolute Gasteiger partial charge is 0.132 e. The van der Waals surface area contributed by atoms with Crippen molar-refractivity contribution in [1.29, 1.82) is 0 Å². The molecule has 0 spiro atoms. The highest BCUT2D eigenvalue weighted by Gasteiger charge is 2.17. The molecule has 0 aliphatic carbocycles. The van der Waals surface area contributed by atoms with Gasteiger partial charge in [0.1, 0.15) is 5.82 Å². The number of benzene rings is 2. The molecule has 3 aromatic rings. The summed E-state index contributed by atoms with van der Waals surface area (Å²) in [5.41, 5.74) is 3.08. The van der Waals surface area contributed by atoms with E-state index in [9.17, 15) is 0 Å². The Labute approximate surface area is 125 Å². The molecule has 1 atom stereocenters. The van der Waals surface area contributed by atoms with Gasteiger partial charge in [-0.1, -0.05) is 24.3 Å². The average Bonchev–Trinajstić information content (AvgIpc) is 2.79. The Morgan fingerprint density at radius 2 is 1.79 bits per heavy atom. The van der Waals surface area contributed by atoms with Gasteiger partial charge in [0.25, 0.3) is 0 Å². The minimum absolute atomic E-state index is 0.153. The van der Waals surface area contributed by atoms with Crippen LogP contribution in [0.4, 0.5) is 0 Å². The summed E-state index contributed by atoms with van der Waals surface area (Å²) < 4.78 is 3.13. The van der Waals surface area contributed by atoms with Crippen LogP contribution in [0.5, 0.6) is 0 Å². The Kier molecular flexibility index (Phi) is 3.33. The molecule has 3 rings (SSSR count). The number of alkyl halides is 1. The lowest BCUT2D eigenvalue weighted by Gasteiger charge is -2.12. The lowest BCUT2D eigenvalue weighted by Crippen LogP contribution is -2.02. The van der Waals surface area contributed by atoms with Crippen LogP contribution in [0, 0.1) is 0 Å². The largest absolute Gasteiger partial charge is 0.294 e. The Bertz CT molecular complexity index is 734. The number of fused-ring (bicyclic) bond motifs is 1. The highest BCUT2D eigenvalue weighted by atomic mass is 79.9. The lowest BCUT2D eigenvalue weighted by atomic mass is 10.2. The molecule has 2 aromatic carbocycles. The summed E-state index contributed by atoms with van der Waals surface area (Å²) in [7, 11) is 0. The SMILES string of the molecule is CC(Cl)c1nc2ccccc2n1-c1ccccc1Br. The van der Waals surface area contributed by atoms with E-state index in [1.165, 1.54) is 0 Å². The van der Waals surface area contributed by atoms with Gasteiger partial charge in [-0.3, -0.25) is 4.57 Å². The molecule has 0 saturated heterocycles. The van der Waals surface area contributed by atoms with Gasteiger partial charge in [-0.2, -0.15) is 0 Å². The lowest BCUT2D eigenvalue weighted by molar-refractivity contribution is 0.880. The van der Waals surface area contributed by atoms with Gasteiger partial charge in [0.05, 0.1) is 22.1 Å². The Morgan fingerprint density at radius 1 is 1.11 bits per heavy atom. The molecule has 1 heterocycles. The molecule has 0 aliphatic rings. The molecule has 1 unspecified atom stereocenters. The van der Waals surface area contributed by atoms with Crippen LogP contribution < -0.4 is 0 Å². The highest BCUT2D eigenvalue weighted by Crippen LogP contribution is 2.31. The summed E-state index contributed by atoms with van der Waals surface area (Å²) in [4.78, 5) is 4.64. The van der Waals surface area contributed by atoms with E-state index in [2.05, 4.69) is 37.6 Å². The van der Waals surface area contributed by atoms with Crippen molar-refractivity contribution in [3.05, 3.63) is 58.8 Å². The second kappa shape index (κ2) is 4.99. The summed E-state index contributed by atoms with van der Waals surface area (Å²) in [6.07, 6.45) is 0. The maximum absolute atomic E-state index is 6.28. The van der Waals surface area contributed by atoms with E-state index in [0.29, 0.717) is 0 Å². The molecular formula is C15H12BrClN2. The predicted octanol–water partition coefficient (Wildman–Crippen LogP) is 5.09. The van der Waals surface area contributed by atoms with Gasteiger partial charge in [-0.05, 0) is 47.1 Å². The maximum Gasteiger partial charge on any atom is 0.132 e. The van der Waals surface area contributed by atoms with Crippen molar-refractivity contribution in [2.45, 2.75) is 12.3 Å². The number of aromatic nitrogens is 2. The van der Waals surface area contributed by atoms with Crippen molar-refractivity contribution in [2.75, 3.05) is 0 Å². The molecule has 4 heteroatoms. The van der Waals surface area contributed by atoms with E-state index in [1.54, 1.807) is 0 Å². The van der Waals surface area contributed by atoms with Crippen LogP contribution in [0.15, 0.2) is 53.0 Å². The van der Waals surface area contributed by atoms with Gasteiger partial charge < -0.3 is 0 Å². The molecule has 0 amide bonds. The second-order valence-corrected chi connectivity index (χ2v) is 5.87. The van der Waals surface area contributed by atoms with Crippen molar-refractivity contribution >= 4 is 38.6 Å². The minimum atomic E-state index is -0.153. The van der Waals surface area contributed by atoms with Gasteiger partial charge in [0.2, 0.25) is 0 Å². The first kappa shape index (κ1) is 12.7. The van der Waals surface area contributed by atoms with E-state index >= 15 is 0 Å². The van der Waals surface area contributed by atoms with Crippen molar-refractivity contribution < 1.29 is 0 Å². The molecule has 0 radical (unpaired) electrons.